The molecule has 12 heavy (non-hydrogen) atoms. The van der Waals surface area contributed by atoms with Crippen LogP contribution in [0.1, 0.15) is 0 Å². The molecule has 2 aromatic rings. The Labute approximate surface area is 69.6 Å². The molecule has 4 heteroatoms. The summed E-state index contributed by atoms with van der Waals surface area (Å²) in [4.78, 5) is 11.7. The van der Waals surface area contributed by atoms with Crippen LogP contribution in [0, 0.1) is 0 Å². The van der Waals surface area contributed by atoms with Crippen LogP contribution in [0.3, 0.4) is 0 Å². The van der Waals surface area contributed by atoms with Crippen molar-refractivity contribution in [1.29, 1.82) is 0 Å². The highest BCUT2D eigenvalue weighted by Gasteiger charge is 2.04. The van der Waals surface area contributed by atoms with E-state index < -0.39 is 0 Å². The van der Waals surface area contributed by atoms with E-state index in [1.807, 2.05) is 35.2 Å². The second-order valence-electron chi connectivity index (χ2n) is 2.22. The first-order chi connectivity index (χ1) is 5.97. The van der Waals surface area contributed by atoms with E-state index in [9.17, 15) is 0 Å². The largest absolute Gasteiger partial charge is 0.440 e. The Morgan fingerprint density at radius 3 is 2.25 bits per heavy atom. The smallest absolute Gasteiger partial charge is 0.206 e. The van der Waals surface area contributed by atoms with Gasteiger partial charge in [0.2, 0.25) is 0 Å². The number of hydrogen-bond donors (Lipinski definition) is 0. The van der Waals surface area contributed by atoms with Crippen molar-refractivity contribution < 1.29 is 4.57 Å². The lowest BCUT2D eigenvalue weighted by molar-refractivity contribution is -0.603. The molecule has 0 bridgehead atoms. The van der Waals surface area contributed by atoms with Gasteiger partial charge < -0.3 is 0 Å². The third kappa shape index (κ3) is 1.27. The molecule has 0 saturated heterocycles. The van der Waals surface area contributed by atoms with E-state index in [0.717, 1.165) is 0 Å². The number of aromatic nitrogens is 4. The Hall–Kier alpha value is -1.84. The zero-order chi connectivity index (χ0) is 8.23. The molecule has 0 aliphatic carbocycles. The second kappa shape index (κ2) is 3.04. The topological polar surface area (TPSA) is 42.5 Å². The third-order valence-corrected chi connectivity index (χ3v) is 1.43. The van der Waals surface area contributed by atoms with Gasteiger partial charge in [-0.15, -0.1) is 0 Å². The maximum atomic E-state index is 3.99. The summed E-state index contributed by atoms with van der Waals surface area (Å²) in [7, 11) is 0. The van der Waals surface area contributed by atoms with E-state index in [4.69, 9.17) is 0 Å². The van der Waals surface area contributed by atoms with Gasteiger partial charge in [0.1, 0.15) is 0 Å². The van der Waals surface area contributed by atoms with E-state index in [1.165, 1.54) is 12.7 Å². The highest BCUT2D eigenvalue weighted by atomic mass is 15.2. The van der Waals surface area contributed by atoms with Gasteiger partial charge in [-0.25, -0.2) is 4.57 Å². The van der Waals surface area contributed by atoms with Crippen molar-refractivity contribution in [2.45, 2.75) is 0 Å². The second-order valence-corrected chi connectivity index (χ2v) is 2.22. The molecular weight excluding hydrogens is 152 g/mol. The van der Waals surface area contributed by atoms with Crippen LogP contribution < -0.4 is 4.57 Å². The fourth-order valence-corrected chi connectivity index (χ4v) is 0.898. The lowest BCUT2D eigenvalue weighted by atomic mass is 10.5. The summed E-state index contributed by atoms with van der Waals surface area (Å²) in [5.74, 6) is 0.630. The molecule has 0 amide bonds. The Kier molecular flexibility index (Phi) is 1.74. The van der Waals surface area contributed by atoms with Crippen molar-refractivity contribution in [2.75, 3.05) is 0 Å². The summed E-state index contributed by atoms with van der Waals surface area (Å²) in [5.41, 5.74) is 0. The van der Waals surface area contributed by atoms with Crippen LogP contribution in [-0.2, 0) is 0 Å². The quantitative estimate of drug-likeness (QED) is 0.556. The van der Waals surface area contributed by atoms with Crippen molar-refractivity contribution in [3.8, 4) is 5.95 Å². The first-order valence-electron chi connectivity index (χ1n) is 3.55. The Morgan fingerprint density at radius 1 is 0.917 bits per heavy atom. The predicted octanol–water partition coefficient (Wildman–Crippen LogP) is 0.148. The Bertz CT molecular complexity index is 308. The first kappa shape index (κ1) is 6.84. The van der Waals surface area contributed by atoms with Gasteiger partial charge in [-0.2, -0.15) is 4.98 Å². The van der Waals surface area contributed by atoms with Gasteiger partial charge >= 0.3 is 5.95 Å². The Balaban J connectivity index is 2.46. The molecule has 0 N–H and O–H groups in total. The molecule has 0 atom stereocenters. The van der Waals surface area contributed by atoms with Crippen molar-refractivity contribution in [1.82, 2.24) is 15.0 Å². The first-order valence-corrected chi connectivity index (χ1v) is 3.55. The van der Waals surface area contributed by atoms with E-state index in [1.54, 1.807) is 0 Å². The van der Waals surface area contributed by atoms with Crippen LogP contribution in [0.2, 0.25) is 0 Å². The van der Waals surface area contributed by atoms with E-state index in [-0.39, 0.29) is 0 Å². The number of nitrogens with zero attached hydrogens (tertiary/aromatic N) is 4. The standard InChI is InChI=1S/C8H7N4/c1-2-4-12(5-3-1)8-10-6-9-7-11-8/h1-7H/q+1. The average Bonchev–Trinajstić information content (AvgIpc) is 2.21. The zero-order valence-electron chi connectivity index (χ0n) is 6.33. The summed E-state index contributed by atoms with van der Waals surface area (Å²) in [5, 5.41) is 0. The molecule has 0 aliphatic rings. The van der Waals surface area contributed by atoms with Gasteiger partial charge in [0, 0.05) is 0 Å². The maximum Gasteiger partial charge on any atom is 0.440 e. The molecule has 0 radical (unpaired) electrons. The maximum absolute atomic E-state index is 3.99. The SMILES string of the molecule is c1cc[n+](-c2ncncn2)cc1. The molecule has 0 spiro atoms. The van der Waals surface area contributed by atoms with Crippen molar-refractivity contribution in [2.24, 2.45) is 0 Å². The van der Waals surface area contributed by atoms with Gasteiger partial charge in [0.25, 0.3) is 0 Å². The monoisotopic (exact) mass is 159 g/mol. The fourth-order valence-electron chi connectivity index (χ4n) is 0.898. The summed E-state index contributed by atoms with van der Waals surface area (Å²) in [6, 6.07) is 5.78. The summed E-state index contributed by atoms with van der Waals surface area (Å²) >= 11 is 0. The molecule has 0 aromatic carbocycles. The van der Waals surface area contributed by atoms with Crippen molar-refractivity contribution in [3.63, 3.8) is 0 Å². The minimum Gasteiger partial charge on any atom is -0.206 e. The lowest BCUT2D eigenvalue weighted by Gasteiger charge is -1.90. The molecule has 2 aromatic heterocycles. The van der Waals surface area contributed by atoms with Crippen LogP contribution in [0.25, 0.3) is 5.95 Å². The number of hydrogen-bond acceptors (Lipinski definition) is 3. The number of pyridine rings is 1. The van der Waals surface area contributed by atoms with Gasteiger partial charge in [-0.05, 0) is 12.1 Å². The highest BCUT2D eigenvalue weighted by Crippen LogP contribution is 1.84. The van der Waals surface area contributed by atoms with Crippen LogP contribution in [0.5, 0.6) is 0 Å². The van der Waals surface area contributed by atoms with Crippen LogP contribution in [0.15, 0.2) is 43.2 Å². The van der Waals surface area contributed by atoms with Gasteiger partial charge in [0.15, 0.2) is 12.7 Å². The molecule has 0 saturated carbocycles. The van der Waals surface area contributed by atoms with Crippen LogP contribution in [0.4, 0.5) is 0 Å². The molecule has 2 heterocycles. The minimum absolute atomic E-state index is 0.630. The minimum atomic E-state index is 0.630. The molecule has 58 valence electrons. The van der Waals surface area contributed by atoms with Gasteiger partial charge in [-0.1, -0.05) is 16.0 Å². The van der Waals surface area contributed by atoms with Crippen LogP contribution >= 0.6 is 0 Å². The molecule has 4 nitrogen and oxygen atoms in total. The van der Waals surface area contributed by atoms with Gasteiger partial charge in [-0.3, -0.25) is 0 Å². The summed E-state index contributed by atoms with van der Waals surface area (Å²) in [6.45, 7) is 0. The summed E-state index contributed by atoms with van der Waals surface area (Å²) in [6.07, 6.45) is 6.72. The zero-order valence-corrected chi connectivity index (χ0v) is 6.33. The van der Waals surface area contributed by atoms with Gasteiger partial charge in [0.05, 0.1) is 12.4 Å². The third-order valence-electron chi connectivity index (χ3n) is 1.43. The number of rotatable bonds is 1. The Morgan fingerprint density at radius 2 is 1.58 bits per heavy atom. The van der Waals surface area contributed by atoms with Crippen molar-refractivity contribution >= 4 is 0 Å². The molecule has 0 unspecified atom stereocenters. The van der Waals surface area contributed by atoms with E-state index in [2.05, 4.69) is 15.0 Å². The van der Waals surface area contributed by atoms with E-state index in [0.29, 0.717) is 5.95 Å². The molecular formula is C8H7N4+. The highest BCUT2D eigenvalue weighted by molar-refractivity contribution is 4.92. The average molecular weight is 159 g/mol. The molecule has 0 fully saturated rings. The fraction of sp³-hybridized carbons (Fsp3) is 0. The lowest BCUT2D eigenvalue weighted by Crippen LogP contribution is -2.31. The van der Waals surface area contributed by atoms with Crippen LogP contribution in [-0.4, -0.2) is 15.0 Å². The normalized spacial score (nSPS) is 9.67. The predicted molar refractivity (Wildman–Crippen MR) is 41.4 cm³/mol. The summed E-state index contributed by atoms with van der Waals surface area (Å²) < 4.78 is 1.82. The van der Waals surface area contributed by atoms with Crippen molar-refractivity contribution in [3.05, 3.63) is 43.2 Å². The molecule has 2 rings (SSSR count). The van der Waals surface area contributed by atoms with E-state index >= 15 is 0 Å². The molecule has 0 aliphatic heterocycles.